The zero-order chi connectivity index (χ0) is 19.3. The van der Waals surface area contributed by atoms with E-state index in [1.54, 1.807) is 21.8 Å². The number of nitrogens with zero attached hydrogens (tertiary/aromatic N) is 4. The Hall–Kier alpha value is -3.37. The van der Waals surface area contributed by atoms with E-state index in [1.807, 2.05) is 19.1 Å². The predicted octanol–water partition coefficient (Wildman–Crippen LogP) is 3.01. The number of hydrogen-bond acceptors (Lipinski definition) is 5. The summed E-state index contributed by atoms with van der Waals surface area (Å²) in [7, 11) is 0. The lowest BCUT2D eigenvalue weighted by Crippen LogP contribution is -2.49. The summed E-state index contributed by atoms with van der Waals surface area (Å²) >= 11 is 0. The second kappa shape index (κ2) is 6.36. The first-order chi connectivity index (χ1) is 13.6. The van der Waals surface area contributed by atoms with Crippen molar-refractivity contribution in [1.82, 2.24) is 14.5 Å². The molecule has 3 aromatic rings. The molecule has 2 aromatic heterocycles. The number of aromatic nitrogens is 2. The Morgan fingerprint density at radius 1 is 1.29 bits per heavy atom. The molecular formula is C21H19N5O2. The molecule has 5 rings (SSSR count). The number of hydrogen-bond donors (Lipinski definition) is 1. The predicted molar refractivity (Wildman–Crippen MR) is 103 cm³/mol. The van der Waals surface area contributed by atoms with Gasteiger partial charge in [-0.3, -0.25) is 4.79 Å². The molecule has 7 heteroatoms. The number of rotatable bonds is 3. The van der Waals surface area contributed by atoms with Gasteiger partial charge in [0.25, 0.3) is 5.91 Å². The maximum absolute atomic E-state index is 12.8. The molecule has 140 valence electrons. The van der Waals surface area contributed by atoms with Crippen LogP contribution in [0.15, 0.2) is 36.7 Å². The molecule has 0 atom stereocenters. The fraction of sp³-hybridized carbons (Fsp3) is 0.286. The maximum atomic E-state index is 12.8. The van der Waals surface area contributed by atoms with Crippen LogP contribution >= 0.6 is 0 Å². The van der Waals surface area contributed by atoms with E-state index in [0.717, 1.165) is 22.5 Å². The third kappa shape index (κ3) is 2.62. The molecule has 28 heavy (non-hydrogen) atoms. The fourth-order valence-corrected chi connectivity index (χ4v) is 3.88. The molecule has 4 heterocycles. The standard InChI is InChI=1S/C21H19N5O2/c1-13-18(21(27)25-8-14(7-22)9-25)10-26-20(13)19(4-5-23-26)24-17-3-2-15-11-28-12-16(15)6-17/h2-6,10,14,24H,8-9,11-12H2,1H3. The minimum Gasteiger partial charge on any atom is -0.372 e. The van der Waals surface area contributed by atoms with Crippen LogP contribution in [-0.4, -0.2) is 33.5 Å². The number of carbonyl (C=O) groups excluding carboxylic acids is 1. The van der Waals surface area contributed by atoms with Crippen molar-refractivity contribution in [3.8, 4) is 6.07 Å². The van der Waals surface area contributed by atoms with E-state index in [-0.39, 0.29) is 11.8 Å². The molecule has 0 saturated carbocycles. The number of likely N-dealkylation sites (tertiary alicyclic amines) is 1. The van der Waals surface area contributed by atoms with E-state index in [0.29, 0.717) is 31.9 Å². The van der Waals surface area contributed by atoms with Gasteiger partial charge in [0.05, 0.1) is 42.0 Å². The monoisotopic (exact) mass is 373 g/mol. The van der Waals surface area contributed by atoms with Gasteiger partial charge < -0.3 is 15.0 Å². The van der Waals surface area contributed by atoms with E-state index in [9.17, 15) is 4.79 Å². The van der Waals surface area contributed by atoms with Gasteiger partial charge in [0.1, 0.15) is 0 Å². The number of carbonyl (C=O) groups is 1. The van der Waals surface area contributed by atoms with Crippen LogP contribution in [0.1, 0.15) is 27.0 Å². The molecule has 7 nitrogen and oxygen atoms in total. The number of anilines is 2. The topological polar surface area (TPSA) is 82.7 Å². The highest BCUT2D eigenvalue weighted by Gasteiger charge is 2.32. The lowest BCUT2D eigenvalue weighted by Gasteiger charge is -2.35. The Kier molecular flexibility index (Phi) is 3.81. The Morgan fingerprint density at radius 2 is 2.11 bits per heavy atom. The van der Waals surface area contributed by atoms with Crippen LogP contribution < -0.4 is 5.32 Å². The number of nitrogens with one attached hydrogen (secondary N) is 1. The highest BCUT2D eigenvalue weighted by atomic mass is 16.5. The molecule has 1 amide bonds. The second-order valence-electron chi connectivity index (χ2n) is 7.34. The summed E-state index contributed by atoms with van der Waals surface area (Å²) in [5.74, 6) is -0.101. The van der Waals surface area contributed by atoms with E-state index in [2.05, 4.69) is 28.6 Å². The smallest absolute Gasteiger partial charge is 0.255 e. The van der Waals surface area contributed by atoms with Gasteiger partial charge in [0.15, 0.2) is 0 Å². The Labute approximate surface area is 162 Å². The van der Waals surface area contributed by atoms with E-state index in [4.69, 9.17) is 10.00 Å². The number of ether oxygens (including phenoxy) is 1. The normalized spacial score (nSPS) is 15.9. The van der Waals surface area contributed by atoms with Crippen molar-refractivity contribution in [2.45, 2.75) is 20.1 Å². The van der Waals surface area contributed by atoms with Crippen molar-refractivity contribution in [2.75, 3.05) is 18.4 Å². The van der Waals surface area contributed by atoms with Crippen molar-refractivity contribution < 1.29 is 9.53 Å². The van der Waals surface area contributed by atoms with Crippen LogP contribution in [0.25, 0.3) is 5.52 Å². The number of benzene rings is 1. The molecule has 2 aliphatic heterocycles. The molecule has 1 fully saturated rings. The lowest BCUT2D eigenvalue weighted by atomic mass is 10.0. The van der Waals surface area contributed by atoms with Crippen molar-refractivity contribution in [2.24, 2.45) is 5.92 Å². The van der Waals surface area contributed by atoms with Gasteiger partial charge in [-0.05, 0) is 41.8 Å². The maximum Gasteiger partial charge on any atom is 0.255 e. The summed E-state index contributed by atoms with van der Waals surface area (Å²) < 4.78 is 7.23. The van der Waals surface area contributed by atoms with Crippen molar-refractivity contribution in [3.05, 3.63) is 58.9 Å². The van der Waals surface area contributed by atoms with Crippen LogP contribution in [0.4, 0.5) is 11.4 Å². The van der Waals surface area contributed by atoms with Gasteiger partial charge in [-0.1, -0.05) is 6.07 Å². The van der Waals surface area contributed by atoms with E-state index >= 15 is 0 Å². The van der Waals surface area contributed by atoms with Gasteiger partial charge in [-0.25, -0.2) is 4.52 Å². The van der Waals surface area contributed by atoms with Gasteiger partial charge in [-0.2, -0.15) is 10.4 Å². The zero-order valence-electron chi connectivity index (χ0n) is 15.5. The van der Waals surface area contributed by atoms with Crippen LogP contribution in [0.5, 0.6) is 0 Å². The summed E-state index contributed by atoms with van der Waals surface area (Å²) in [5.41, 5.74) is 6.67. The van der Waals surface area contributed by atoms with Crippen molar-refractivity contribution in [1.29, 1.82) is 5.26 Å². The number of fused-ring (bicyclic) bond motifs is 2. The van der Waals surface area contributed by atoms with Gasteiger partial charge in [0, 0.05) is 31.2 Å². The second-order valence-corrected chi connectivity index (χ2v) is 7.34. The molecule has 0 unspecified atom stereocenters. The molecule has 0 bridgehead atoms. The van der Waals surface area contributed by atoms with Gasteiger partial charge in [-0.15, -0.1) is 0 Å². The minimum atomic E-state index is -0.0552. The van der Waals surface area contributed by atoms with Crippen LogP contribution in [0.2, 0.25) is 0 Å². The van der Waals surface area contributed by atoms with Crippen LogP contribution in [-0.2, 0) is 18.0 Å². The third-order valence-electron chi connectivity index (χ3n) is 5.51. The molecule has 1 saturated heterocycles. The third-order valence-corrected chi connectivity index (χ3v) is 5.51. The molecular weight excluding hydrogens is 354 g/mol. The molecule has 0 spiro atoms. The summed E-state index contributed by atoms with van der Waals surface area (Å²) in [6, 6.07) is 10.3. The summed E-state index contributed by atoms with van der Waals surface area (Å²) in [6.45, 7) is 4.24. The molecule has 1 aromatic carbocycles. The van der Waals surface area contributed by atoms with Crippen molar-refractivity contribution in [3.63, 3.8) is 0 Å². The van der Waals surface area contributed by atoms with E-state index < -0.39 is 0 Å². The SMILES string of the molecule is Cc1c(C(=O)N2CC(C#N)C2)cn2nccc(Nc3ccc4c(c3)COC4)c12. The first-order valence-electron chi connectivity index (χ1n) is 9.26. The molecule has 0 radical (unpaired) electrons. The minimum absolute atomic E-state index is 0.0462. The quantitative estimate of drug-likeness (QED) is 0.763. The molecule has 1 N–H and O–H groups in total. The highest BCUT2D eigenvalue weighted by molar-refractivity contribution is 6.00. The first-order valence-corrected chi connectivity index (χ1v) is 9.26. The number of aryl methyl sites for hydroxylation is 1. The first kappa shape index (κ1) is 16.8. The van der Waals surface area contributed by atoms with E-state index in [1.165, 1.54) is 11.1 Å². The summed E-state index contributed by atoms with van der Waals surface area (Å²) in [4.78, 5) is 14.5. The highest BCUT2D eigenvalue weighted by Crippen LogP contribution is 2.30. The zero-order valence-corrected chi connectivity index (χ0v) is 15.5. The Bertz CT molecular complexity index is 1140. The Morgan fingerprint density at radius 3 is 2.93 bits per heavy atom. The van der Waals surface area contributed by atoms with Crippen LogP contribution in [0.3, 0.4) is 0 Å². The molecule has 2 aliphatic rings. The van der Waals surface area contributed by atoms with Crippen molar-refractivity contribution >= 4 is 22.8 Å². The average molecular weight is 373 g/mol. The summed E-state index contributed by atoms with van der Waals surface area (Å²) in [6.07, 6.45) is 3.49. The lowest BCUT2D eigenvalue weighted by molar-refractivity contribution is 0.0576. The largest absolute Gasteiger partial charge is 0.372 e. The average Bonchev–Trinajstić information content (AvgIpc) is 3.25. The van der Waals surface area contributed by atoms with Crippen LogP contribution in [0, 0.1) is 24.2 Å². The number of nitriles is 1. The summed E-state index contributed by atoms with van der Waals surface area (Å²) in [5, 5.41) is 16.8. The Balaban J connectivity index is 1.48. The number of amides is 1. The van der Waals surface area contributed by atoms with Gasteiger partial charge >= 0.3 is 0 Å². The fourth-order valence-electron chi connectivity index (χ4n) is 3.88. The molecule has 0 aliphatic carbocycles. The van der Waals surface area contributed by atoms with Gasteiger partial charge in [0.2, 0.25) is 0 Å².